The van der Waals surface area contributed by atoms with Crippen LogP contribution >= 0.6 is 15.9 Å². The van der Waals surface area contributed by atoms with E-state index in [1.165, 1.54) is 12.8 Å². The van der Waals surface area contributed by atoms with Crippen molar-refractivity contribution in [2.24, 2.45) is 0 Å². The summed E-state index contributed by atoms with van der Waals surface area (Å²) in [5.41, 5.74) is 0. The predicted molar refractivity (Wildman–Crippen MR) is 74.4 cm³/mol. The molecule has 5 nitrogen and oxygen atoms in total. The van der Waals surface area contributed by atoms with E-state index in [1.54, 1.807) is 12.3 Å². The van der Waals surface area contributed by atoms with Gasteiger partial charge in [0.05, 0.1) is 12.4 Å². The third-order valence-electron chi connectivity index (χ3n) is 2.96. The summed E-state index contributed by atoms with van der Waals surface area (Å²) in [5, 5.41) is 4.24. The highest BCUT2D eigenvalue weighted by Crippen LogP contribution is 2.39. The highest BCUT2D eigenvalue weighted by Gasteiger charge is 2.27. The summed E-state index contributed by atoms with van der Waals surface area (Å²) in [4.78, 5) is 8.82. The van der Waals surface area contributed by atoms with E-state index in [0.29, 0.717) is 23.6 Å². The minimum Gasteiger partial charge on any atom is -0.436 e. The molecule has 1 aliphatic carbocycles. The van der Waals surface area contributed by atoms with Crippen LogP contribution in [0.15, 0.2) is 23.1 Å². The molecule has 0 bridgehead atoms. The third-order valence-corrected chi connectivity index (χ3v) is 3.37. The maximum Gasteiger partial charge on any atom is 0.223 e. The lowest BCUT2D eigenvalue weighted by atomic mass is 10.4. The highest BCUT2D eigenvalue weighted by atomic mass is 79.9. The second-order valence-corrected chi connectivity index (χ2v) is 5.83. The zero-order valence-corrected chi connectivity index (χ0v) is 12.5. The molecule has 1 saturated carbocycles. The summed E-state index contributed by atoms with van der Waals surface area (Å²) in [6.07, 6.45) is 5.91. The summed E-state index contributed by atoms with van der Waals surface area (Å²) in [5.74, 6) is 2.62. The Morgan fingerprint density at radius 3 is 2.79 bits per heavy atom. The van der Waals surface area contributed by atoms with Crippen molar-refractivity contribution < 1.29 is 4.74 Å². The summed E-state index contributed by atoms with van der Waals surface area (Å²) < 4.78 is 8.36. The van der Waals surface area contributed by atoms with E-state index >= 15 is 0 Å². The molecule has 2 aromatic heterocycles. The van der Waals surface area contributed by atoms with Gasteiger partial charge in [0.25, 0.3) is 0 Å². The van der Waals surface area contributed by atoms with Crippen LogP contribution in [0, 0.1) is 0 Å². The molecule has 1 aliphatic rings. The van der Waals surface area contributed by atoms with Crippen LogP contribution in [0.5, 0.6) is 11.6 Å². The number of rotatable bonds is 4. The van der Waals surface area contributed by atoms with E-state index in [9.17, 15) is 0 Å². The Hall–Kier alpha value is -1.43. The molecule has 3 rings (SSSR count). The van der Waals surface area contributed by atoms with Gasteiger partial charge in [-0.25, -0.2) is 4.98 Å². The summed E-state index contributed by atoms with van der Waals surface area (Å²) >= 11 is 3.40. The lowest BCUT2D eigenvalue weighted by molar-refractivity contribution is 0.454. The van der Waals surface area contributed by atoms with Crippen LogP contribution < -0.4 is 4.74 Å². The first-order valence-electron chi connectivity index (χ1n) is 6.38. The van der Waals surface area contributed by atoms with Crippen LogP contribution in [-0.4, -0.2) is 19.7 Å². The van der Waals surface area contributed by atoms with E-state index < -0.39 is 0 Å². The molecule has 100 valence electrons. The van der Waals surface area contributed by atoms with Crippen LogP contribution in [0.4, 0.5) is 0 Å². The molecule has 0 atom stereocenters. The van der Waals surface area contributed by atoms with Crippen molar-refractivity contribution in [2.75, 3.05) is 0 Å². The fraction of sp³-hybridized carbons (Fsp3) is 0.462. The third kappa shape index (κ3) is 2.94. The van der Waals surface area contributed by atoms with Gasteiger partial charge in [-0.2, -0.15) is 10.1 Å². The van der Waals surface area contributed by atoms with E-state index in [4.69, 9.17) is 4.74 Å². The highest BCUT2D eigenvalue weighted by molar-refractivity contribution is 9.10. The Kier molecular flexibility index (Phi) is 3.26. The number of nitrogens with zero attached hydrogens (tertiary/aromatic N) is 4. The van der Waals surface area contributed by atoms with Gasteiger partial charge >= 0.3 is 0 Å². The van der Waals surface area contributed by atoms with Crippen molar-refractivity contribution in [1.29, 1.82) is 0 Å². The maximum atomic E-state index is 5.74. The molecule has 0 N–H and O–H groups in total. The molecule has 6 heteroatoms. The molecule has 0 saturated heterocycles. The van der Waals surface area contributed by atoms with E-state index in [0.717, 1.165) is 10.4 Å². The zero-order chi connectivity index (χ0) is 13.4. The van der Waals surface area contributed by atoms with Crippen molar-refractivity contribution in [1.82, 2.24) is 19.7 Å². The first-order valence-corrected chi connectivity index (χ1v) is 7.17. The van der Waals surface area contributed by atoms with Gasteiger partial charge in [-0.15, -0.1) is 0 Å². The Morgan fingerprint density at radius 1 is 1.37 bits per heavy atom. The maximum absolute atomic E-state index is 5.74. The summed E-state index contributed by atoms with van der Waals surface area (Å²) in [7, 11) is 0. The van der Waals surface area contributed by atoms with Gasteiger partial charge in [-0.1, -0.05) is 0 Å². The molecule has 0 aliphatic heterocycles. The van der Waals surface area contributed by atoms with Gasteiger partial charge in [-0.05, 0) is 42.6 Å². The zero-order valence-electron chi connectivity index (χ0n) is 10.9. The average molecular weight is 323 g/mol. The summed E-state index contributed by atoms with van der Waals surface area (Å²) in [6, 6.07) is 2.09. The van der Waals surface area contributed by atoms with Crippen LogP contribution in [0.3, 0.4) is 0 Å². The Morgan fingerprint density at radius 2 is 2.16 bits per heavy atom. The number of aromatic nitrogens is 4. The van der Waals surface area contributed by atoms with Crippen molar-refractivity contribution in [3.05, 3.63) is 28.9 Å². The molecule has 0 aromatic carbocycles. The molecular formula is C13H15BrN4O. The Bertz CT molecular complexity index is 592. The largest absolute Gasteiger partial charge is 0.436 e. The van der Waals surface area contributed by atoms with Gasteiger partial charge in [-0.3, -0.25) is 4.68 Å². The predicted octanol–water partition coefficient (Wildman–Crippen LogP) is 3.69. The average Bonchev–Trinajstić information content (AvgIpc) is 3.09. The second kappa shape index (κ2) is 4.92. The van der Waals surface area contributed by atoms with Gasteiger partial charge in [0.1, 0.15) is 10.4 Å². The smallest absolute Gasteiger partial charge is 0.223 e. The first kappa shape index (κ1) is 12.6. The van der Waals surface area contributed by atoms with Gasteiger partial charge in [0.15, 0.2) is 5.75 Å². The van der Waals surface area contributed by atoms with Crippen LogP contribution in [0.2, 0.25) is 0 Å². The number of hydrogen-bond donors (Lipinski definition) is 0. The first-order chi connectivity index (χ1) is 9.11. The molecule has 2 aromatic rings. The van der Waals surface area contributed by atoms with Crippen molar-refractivity contribution in [3.8, 4) is 11.6 Å². The van der Waals surface area contributed by atoms with Crippen molar-refractivity contribution in [3.63, 3.8) is 0 Å². The number of ether oxygens (including phenoxy) is 1. The van der Waals surface area contributed by atoms with Crippen LogP contribution in [0.1, 0.15) is 44.5 Å². The van der Waals surface area contributed by atoms with Crippen molar-refractivity contribution >= 4 is 15.9 Å². The molecule has 0 radical (unpaired) electrons. The van der Waals surface area contributed by atoms with Crippen LogP contribution in [-0.2, 0) is 0 Å². The minimum absolute atomic E-state index is 0.316. The summed E-state index contributed by atoms with van der Waals surface area (Å²) in [6.45, 7) is 4.15. The lowest BCUT2D eigenvalue weighted by Gasteiger charge is -2.05. The van der Waals surface area contributed by atoms with Crippen LogP contribution in [0.25, 0.3) is 0 Å². The fourth-order valence-corrected chi connectivity index (χ4v) is 2.14. The molecule has 1 fully saturated rings. The SMILES string of the molecule is CC(C)n1cc(Oc2cc(Br)nc(C3CC3)n2)cn1. The van der Waals surface area contributed by atoms with E-state index in [1.807, 2.05) is 10.9 Å². The van der Waals surface area contributed by atoms with Gasteiger partial charge in [0.2, 0.25) is 5.88 Å². The molecular weight excluding hydrogens is 308 g/mol. The Balaban J connectivity index is 1.81. The Labute approximate surface area is 120 Å². The lowest BCUT2D eigenvalue weighted by Crippen LogP contribution is -2.00. The topological polar surface area (TPSA) is 52.8 Å². The van der Waals surface area contributed by atoms with Gasteiger partial charge < -0.3 is 4.74 Å². The number of hydrogen-bond acceptors (Lipinski definition) is 4. The molecule has 0 unspecified atom stereocenters. The molecule has 0 spiro atoms. The van der Waals surface area contributed by atoms with E-state index in [2.05, 4.69) is 44.8 Å². The van der Waals surface area contributed by atoms with E-state index in [-0.39, 0.29) is 0 Å². The monoisotopic (exact) mass is 322 g/mol. The molecule has 19 heavy (non-hydrogen) atoms. The van der Waals surface area contributed by atoms with Gasteiger partial charge in [0, 0.05) is 18.0 Å². The van der Waals surface area contributed by atoms with Crippen molar-refractivity contribution in [2.45, 2.75) is 38.6 Å². The quantitative estimate of drug-likeness (QED) is 0.805. The normalized spacial score (nSPS) is 14.9. The standard InChI is InChI=1S/C13H15BrN4O/c1-8(2)18-7-10(6-15-18)19-12-5-11(14)16-13(17-12)9-3-4-9/h5-9H,3-4H2,1-2H3. The number of halogens is 1. The second-order valence-electron chi connectivity index (χ2n) is 5.01. The molecule has 0 amide bonds. The molecule has 2 heterocycles. The fourth-order valence-electron chi connectivity index (χ4n) is 1.77. The minimum atomic E-state index is 0.316.